The number of amides is 1. The van der Waals surface area contributed by atoms with E-state index >= 15 is 0 Å². The number of rotatable bonds is 5. The molecule has 0 bridgehead atoms. The molecule has 0 fully saturated rings. The quantitative estimate of drug-likeness (QED) is 0.898. The predicted octanol–water partition coefficient (Wildman–Crippen LogP) is 4.07. The molecule has 0 spiro atoms. The molecule has 0 unspecified atom stereocenters. The summed E-state index contributed by atoms with van der Waals surface area (Å²) in [5.41, 5.74) is 3.95. The van der Waals surface area contributed by atoms with E-state index in [0.29, 0.717) is 5.56 Å². The third-order valence-electron chi connectivity index (χ3n) is 3.56. The van der Waals surface area contributed by atoms with Crippen molar-refractivity contribution < 1.29 is 9.53 Å². The number of hydrogen-bond donors (Lipinski definition) is 1. The van der Waals surface area contributed by atoms with Crippen molar-refractivity contribution in [3.8, 4) is 5.75 Å². The van der Waals surface area contributed by atoms with E-state index in [-0.39, 0.29) is 5.91 Å². The van der Waals surface area contributed by atoms with Crippen molar-refractivity contribution in [2.75, 3.05) is 12.4 Å². The highest BCUT2D eigenvalue weighted by Crippen LogP contribution is 2.19. The molecular formula is C18H21NO2. The van der Waals surface area contributed by atoms with Crippen molar-refractivity contribution in [3.05, 3.63) is 59.2 Å². The molecule has 110 valence electrons. The lowest BCUT2D eigenvalue weighted by Crippen LogP contribution is -2.12. The van der Waals surface area contributed by atoms with Gasteiger partial charge in [0.25, 0.3) is 5.91 Å². The summed E-state index contributed by atoms with van der Waals surface area (Å²) in [5.74, 6) is 0.629. The van der Waals surface area contributed by atoms with E-state index < -0.39 is 0 Å². The van der Waals surface area contributed by atoms with Gasteiger partial charge in [-0.3, -0.25) is 4.79 Å². The van der Waals surface area contributed by atoms with Gasteiger partial charge in [0.15, 0.2) is 0 Å². The zero-order chi connectivity index (χ0) is 15.2. The Morgan fingerprint density at radius 1 is 1.05 bits per heavy atom. The summed E-state index contributed by atoms with van der Waals surface area (Å²) in [7, 11) is 1.61. The first kappa shape index (κ1) is 15.1. The number of hydrogen-bond acceptors (Lipinski definition) is 2. The van der Waals surface area contributed by atoms with Crippen LogP contribution in [0.1, 0.15) is 35.3 Å². The molecule has 2 aromatic carbocycles. The van der Waals surface area contributed by atoms with Crippen molar-refractivity contribution in [1.29, 1.82) is 0 Å². The van der Waals surface area contributed by atoms with E-state index in [4.69, 9.17) is 4.74 Å². The van der Waals surface area contributed by atoms with E-state index in [1.807, 2.05) is 36.4 Å². The largest absolute Gasteiger partial charge is 0.497 e. The second-order valence-corrected chi connectivity index (χ2v) is 4.88. The molecule has 0 aliphatic rings. The Hall–Kier alpha value is -2.29. The highest BCUT2D eigenvalue weighted by Gasteiger charge is 2.09. The normalized spacial score (nSPS) is 10.2. The van der Waals surface area contributed by atoms with Crippen LogP contribution in [0, 0.1) is 0 Å². The molecule has 0 heterocycles. The Morgan fingerprint density at radius 2 is 1.81 bits per heavy atom. The topological polar surface area (TPSA) is 38.3 Å². The van der Waals surface area contributed by atoms with E-state index in [9.17, 15) is 4.79 Å². The highest BCUT2D eigenvalue weighted by molar-refractivity contribution is 6.04. The summed E-state index contributed by atoms with van der Waals surface area (Å²) in [6.45, 7) is 4.24. The third-order valence-corrected chi connectivity index (χ3v) is 3.56. The third kappa shape index (κ3) is 3.63. The van der Waals surface area contributed by atoms with Gasteiger partial charge >= 0.3 is 0 Å². The Bertz CT molecular complexity index is 635. The van der Waals surface area contributed by atoms with Gasteiger partial charge in [-0.2, -0.15) is 0 Å². The number of methoxy groups -OCH3 is 1. The Labute approximate surface area is 126 Å². The van der Waals surface area contributed by atoms with E-state index in [1.165, 1.54) is 11.1 Å². The Morgan fingerprint density at radius 3 is 2.48 bits per heavy atom. The van der Waals surface area contributed by atoms with Crippen molar-refractivity contribution in [3.63, 3.8) is 0 Å². The molecule has 3 nitrogen and oxygen atoms in total. The fourth-order valence-electron chi connectivity index (χ4n) is 2.35. The summed E-state index contributed by atoms with van der Waals surface area (Å²) >= 11 is 0. The monoisotopic (exact) mass is 283 g/mol. The van der Waals surface area contributed by atoms with Crippen LogP contribution in [-0.4, -0.2) is 13.0 Å². The molecule has 2 rings (SSSR count). The molecule has 0 saturated carbocycles. The van der Waals surface area contributed by atoms with Gasteiger partial charge in [0.2, 0.25) is 0 Å². The molecular weight excluding hydrogens is 262 g/mol. The van der Waals surface area contributed by atoms with Crippen molar-refractivity contribution >= 4 is 11.6 Å². The number of aryl methyl sites for hydroxylation is 2. The van der Waals surface area contributed by atoms with E-state index in [0.717, 1.165) is 24.3 Å². The SMILES string of the molecule is CCc1ccc(C(=O)Nc2cccc(OC)c2)cc1CC. The smallest absolute Gasteiger partial charge is 0.255 e. The minimum Gasteiger partial charge on any atom is -0.497 e. The molecule has 1 amide bonds. The predicted molar refractivity (Wildman–Crippen MR) is 86.1 cm³/mol. The van der Waals surface area contributed by atoms with Crippen molar-refractivity contribution in [2.24, 2.45) is 0 Å². The van der Waals surface area contributed by atoms with E-state index in [2.05, 4.69) is 19.2 Å². The first-order valence-corrected chi connectivity index (χ1v) is 7.25. The maximum absolute atomic E-state index is 12.3. The average Bonchev–Trinajstić information content (AvgIpc) is 2.54. The minimum atomic E-state index is -0.0967. The van der Waals surface area contributed by atoms with Crippen LogP contribution in [0.3, 0.4) is 0 Å². The Balaban J connectivity index is 2.19. The fraction of sp³-hybridized carbons (Fsp3) is 0.278. The highest BCUT2D eigenvalue weighted by atomic mass is 16.5. The lowest BCUT2D eigenvalue weighted by molar-refractivity contribution is 0.102. The number of benzene rings is 2. The first-order valence-electron chi connectivity index (χ1n) is 7.25. The maximum Gasteiger partial charge on any atom is 0.255 e. The van der Waals surface area contributed by atoms with Gasteiger partial charge in [0, 0.05) is 17.3 Å². The van der Waals surface area contributed by atoms with Crippen molar-refractivity contribution in [1.82, 2.24) is 0 Å². The molecule has 0 radical (unpaired) electrons. The first-order chi connectivity index (χ1) is 10.2. The number of ether oxygens (including phenoxy) is 1. The summed E-state index contributed by atoms with van der Waals surface area (Å²) in [6.07, 6.45) is 1.92. The fourth-order valence-corrected chi connectivity index (χ4v) is 2.35. The lowest BCUT2D eigenvalue weighted by atomic mass is 10.00. The summed E-state index contributed by atoms with van der Waals surface area (Å²) in [5, 5.41) is 2.90. The van der Waals surface area contributed by atoms with Crippen LogP contribution in [0.2, 0.25) is 0 Å². The zero-order valence-corrected chi connectivity index (χ0v) is 12.8. The van der Waals surface area contributed by atoms with Crippen LogP contribution >= 0.6 is 0 Å². The van der Waals surface area contributed by atoms with Gasteiger partial charge in [-0.05, 0) is 48.2 Å². The summed E-state index contributed by atoms with van der Waals surface area (Å²) in [6, 6.07) is 13.3. The average molecular weight is 283 g/mol. The molecule has 3 heteroatoms. The van der Waals surface area contributed by atoms with Crippen LogP contribution in [0.25, 0.3) is 0 Å². The lowest BCUT2D eigenvalue weighted by Gasteiger charge is -2.10. The van der Waals surface area contributed by atoms with Gasteiger partial charge < -0.3 is 10.1 Å². The Kier molecular flexibility index (Phi) is 4.99. The van der Waals surface area contributed by atoms with Gasteiger partial charge in [-0.15, -0.1) is 0 Å². The van der Waals surface area contributed by atoms with Crippen LogP contribution in [-0.2, 0) is 12.8 Å². The van der Waals surface area contributed by atoms with Gasteiger partial charge in [-0.25, -0.2) is 0 Å². The van der Waals surface area contributed by atoms with Gasteiger partial charge in [0.05, 0.1) is 7.11 Å². The summed E-state index contributed by atoms with van der Waals surface area (Å²) in [4.78, 5) is 12.3. The number of carbonyl (C=O) groups excluding carboxylic acids is 1. The molecule has 2 aromatic rings. The molecule has 1 N–H and O–H groups in total. The second kappa shape index (κ2) is 6.93. The molecule has 21 heavy (non-hydrogen) atoms. The second-order valence-electron chi connectivity index (χ2n) is 4.88. The molecule has 0 saturated heterocycles. The standard InChI is InChI=1S/C18H21NO2/c1-4-13-9-10-15(11-14(13)5-2)18(20)19-16-7-6-8-17(12-16)21-3/h6-12H,4-5H2,1-3H3,(H,19,20). The minimum absolute atomic E-state index is 0.0967. The van der Waals surface area contributed by atoms with Gasteiger partial charge in [0.1, 0.15) is 5.75 Å². The van der Waals surface area contributed by atoms with Gasteiger partial charge in [-0.1, -0.05) is 26.0 Å². The molecule has 0 aromatic heterocycles. The van der Waals surface area contributed by atoms with Crippen LogP contribution in [0.4, 0.5) is 5.69 Å². The zero-order valence-electron chi connectivity index (χ0n) is 12.8. The number of carbonyl (C=O) groups is 1. The number of nitrogens with one attached hydrogen (secondary N) is 1. The maximum atomic E-state index is 12.3. The molecule has 0 aliphatic heterocycles. The van der Waals surface area contributed by atoms with Crippen molar-refractivity contribution in [2.45, 2.75) is 26.7 Å². The van der Waals surface area contributed by atoms with Crippen LogP contribution < -0.4 is 10.1 Å². The molecule has 0 atom stereocenters. The van der Waals surface area contributed by atoms with Crippen LogP contribution in [0.5, 0.6) is 5.75 Å². The molecule has 0 aliphatic carbocycles. The van der Waals surface area contributed by atoms with Crippen LogP contribution in [0.15, 0.2) is 42.5 Å². The van der Waals surface area contributed by atoms with E-state index in [1.54, 1.807) is 13.2 Å². The number of anilines is 1. The summed E-state index contributed by atoms with van der Waals surface area (Å²) < 4.78 is 5.16.